The summed E-state index contributed by atoms with van der Waals surface area (Å²) in [5.41, 5.74) is -2.10. The van der Waals surface area contributed by atoms with Gasteiger partial charge in [-0.15, -0.1) is 0 Å². The number of rotatable bonds is 11. The van der Waals surface area contributed by atoms with Crippen LogP contribution in [0.1, 0.15) is 59.8 Å². The summed E-state index contributed by atoms with van der Waals surface area (Å²) in [4.78, 5) is 0. The predicted octanol–water partition coefficient (Wildman–Crippen LogP) is 5.38. The first-order chi connectivity index (χ1) is 8.08. The van der Waals surface area contributed by atoms with Gasteiger partial charge >= 0.3 is 0 Å². The predicted molar refractivity (Wildman–Crippen MR) is 83.3 cm³/mol. The molecule has 0 radical (unpaired) electrons. The van der Waals surface area contributed by atoms with Crippen molar-refractivity contribution in [3.63, 3.8) is 0 Å². The Bertz CT molecular complexity index is 211. The van der Waals surface area contributed by atoms with Crippen molar-refractivity contribution in [3.8, 4) is 0 Å². The fraction of sp³-hybridized carbons (Fsp3) is 1.00. The van der Waals surface area contributed by atoms with Gasteiger partial charge in [0.25, 0.3) is 0 Å². The van der Waals surface area contributed by atoms with Gasteiger partial charge in [-0.1, -0.05) is 51.9 Å². The van der Waals surface area contributed by atoms with Crippen LogP contribution in [-0.4, -0.2) is 18.5 Å². The minimum absolute atomic E-state index is 0.518. The lowest BCUT2D eigenvalue weighted by Crippen LogP contribution is -2.01. The molecule has 104 valence electrons. The van der Waals surface area contributed by atoms with Crippen LogP contribution in [-0.2, 0) is 20.9 Å². The molecule has 0 fully saturated rings. The Morgan fingerprint density at radius 3 is 1.88 bits per heavy atom. The van der Waals surface area contributed by atoms with Crippen LogP contribution in [0.15, 0.2) is 0 Å². The van der Waals surface area contributed by atoms with Gasteiger partial charge in [-0.3, -0.25) is 0 Å². The van der Waals surface area contributed by atoms with Gasteiger partial charge in [0.05, 0.1) is 13.2 Å². The van der Waals surface area contributed by atoms with Crippen molar-refractivity contribution in [2.75, 3.05) is 13.2 Å². The van der Waals surface area contributed by atoms with Crippen LogP contribution in [0.25, 0.3) is 0 Å². The highest BCUT2D eigenvalue weighted by Crippen LogP contribution is 2.63. The molecule has 0 spiro atoms. The lowest BCUT2D eigenvalue weighted by molar-refractivity contribution is 0.253. The van der Waals surface area contributed by atoms with Crippen LogP contribution in [0.5, 0.6) is 0 Å². The Hall–Kier alpha value is 0.920. The zero-order valence-electron chi connectivity index (χ0n) is 11.6. The molecule has 17 heavy (non-hydrogen) atoms. The van der Waals surface area contributed by atoms with Gasteiger partial charge in [-0.2, -0.15) is 0 Å². The van der Waals surface area contributed by atoms with Crippen molar-refractivity contribution in [2.24, 2.45) is 0 Å². The van der Waals surface area contributed by atoms with Crippen LogP contribution < -0.4 is 0 Å². The Morgan fingerprint density at radius 2 is 1.53 bits per heavy atom. The van der Waals surface area contributed by atoms with E-state index < -0.39 is 5.69 Å². The van der Waals surface area contributed by atoms with E-state index in [9.17, 15) is 0 Å². The van der Waals surface area contributed by atoms with Crippen LogP contribution in [0.3, 0.4) is 0 Å². The average molecular weight is 298 g/mol. The maximum atomic E-state index is 5.86. The minimum Gasteiger partial charge on any atom is -0.322 e. The highest BCUT2D eigenvalue weighted by molar-refractivity contribution is 8.68. The number of hydrogen-bond donors (Lipinski definition) is 0. The molecule has 0 N–H and O–H groups in total. The molecule has 5 heteroatoms. The molecule has 0 amide bonds. The van der Waals surface area contributed by atoms with Crippen molar-refractivity contribution in [2.45, 2.75) is 65.0 Å². The average Bonchev–Trinajstić information content (AvgIpc) is 2.29. The molecule has 0 aromatic heterocycles. The molecule has 1 unspecified atom stereocenters. The number of unbranched alkanes of at least 4 members (excludes halogenated alkanes) is 2. The van der Waals surface area contributed by atoms with Gasteiger partial charge < -0.3 is 9.05 Å². The van der Waals surface area contributed by atoms with E-state index in [1.165, 1.54) is 0 Å². The third-order valence-electron chi connectivity index (χ3n) is 2.38. The summed E-state index contributed by atoms with van der Waals surface area (Å²) < 4.78 is 11.7. The molecule has 0 aromatic rings. The molecule has 0 heterocycles. The Labute approximate surface area is 116 Å². The highest BCUT2D eigenvalue weighted by Gasteiger charge is 2.22. The van der Waals surface area contributed by atoms with Crippen molar-refractivity contribution in [1.29, 1.82) is 0 Å². The van der Waals surface area contributed by atoms with E-state index in [2.05, 4.69) is 27.7 Å². The van der Waals surface area contributed by atoms with E-state index in [-0.39, 0.29) is 0 Å². The van der Waals surface area contributed by atoms with E-state index in [1.54, 1.807) is 11.4 Å². The first-order valence-electron chi connectivity index (χ1n) is 6.65. The van der Waals surface area contributed by atoms with Gasteiger partial charge in [-0.25, -0.2) is 0 Å². The highest BCUT2D eigenvalue weighted by atomic mass is 32.9. The lowest BCUT2D eigenvalue weighted by Gasteiger charge is -2.24. The maximum absolute atomic E-state index is 5.86. The first kappa shape index (κ1) is 17.9. The number of hydrogen-bond acceptors (Lipinski definition) is 4. The fourth-order valence-electron chi connectivity index (χ4n) is 1.03. The topological polar surface area (TPSA) is 18.5 Å². The molecule has 0 bridgehead atoms. The second-order valence-electron chi connectivity index (χ2n) is 4.15. The summed E-state index contributed by atoms with van der Waals surface area (Å²) in [5, 5.41) is 0.518. The Balaban J connectivity index is 4.19. The standard InChI is InChI=1S/C12H27O2PS2/c1-5-8-10-13-15(16,14-11-9-6-2)17-12(4)7-3/h12H,5-11H2,1-4H3. The van der Waals surface area contributed by atoms with Gasteiger partial charge in [-0.05, 0) is 31.1 Å². The Kier molecular flexibility index (Phi) is 11.4. The molecule has 0 saturated carbocycles. The van der Waals surface area contributed by atoms with E-state index in [0.29, 0.717) is 5.25 Å². The monoisotopic (exact) mass is 298 g/mol. The van der Waals surface area contributed by atoms with E-state index in [1.807, 2.05) is 0 Å². The van der Waals surface area contributed by atoms with Crippen molar-refractivity contribution < 1.29 is 9.05 Å². The van der Waals surface area contributed by atoms with E-state index in [4.69, 9.17) is 20.9 Å². The largest absolute Gasteiger partial charge is 0.322 e. The molecular formula is C12H27O2PS2. The van der Waals surface area contributed by atoms with Crippen molar-refractivity contribution in [3.05, 3.63) is 0 Å². The minimum atomic E-state index is -2.10. The summed E-state index contributed by atoms with van der Waals surface area (Å²) in [6.07, 6.45) is 5.51. The SMILES string of the molecule is CCCCOP(=S)(OCCCC)SC(C)CC. The van der Waals surface area contributed by atoms with Crippen molar-refractivity contribution in [1.82, 2.24) is 0 Å². The first-order valence-corrected chi connectivity index (χ1v) is 10.8. The van der Waals surface area contributed by atoms with Crippen molar-refractivity contribution >= 4 is 28.9 Å². The fourth-order valence-corrected chi connectivity index (χ4v) is 6.88. The van der Waals surface area contributed by atoms with Crippen LogP contribution in [0.2, 0.25) is 0 Å². The molecule has 0 rings (SSSR count). The van der Waals surface area contributed by atoms with Crippen LogP contribution >= 0.6 is 17.1 Å². The molecule has 0 aromatic carbocycles. The molecular weight excluding hydrogens is 271 g/mol. The lowest BCUT2D eigenvalue weighted by atomic mass is 10.4. The summed E-state index contributed by atoms with van der Waals surface area (Å²) in [7, 11) is 0. The summed E-state index contributed by atoms with van der Waals surface area (Å²) in [6.45, 7) is 10.2. The zero-order chi connectivity index (χ0) is 13.1. The molecule has 0 aliphatic rings. The quantitative estimate of drug-likeness (QED) is 0.376. The van der Waals surface area contributed by atoms with Gasteiger partial charge in [0.1, 0.15) is 0 Å². The molecule has 0 saturated heterocycles. The normalized spacial score (nSPS) is 13.9. The second-order valence-corrected chi connectivity index (χ2v) is 10.8. The zero-order valence-corrected chi connectivity index (χ0v) is 14.1. The van der Waals surface area contributed by atoms with Gasteiger partial charge in [0.2, 0.25) is 5.69 Å². The third kappa shape index (κ3) is 9.49. The van der Waals surface area contributed by atoms with E-state index in [0.717, 1.165) is 45.3 Å². The van der Waals surface area contributed by atoms with Crippen LogP contribution in [0, 0.1) is 0 Å². The summed E-state index contributed by atoms with van der Waals surface area (Å²) in [6, 6.07) is 0. The molecule has 1 atom stereocenters. The summed E-state index contributed by atoms with van der Waals surface area (Å²) in [5.74, 6) is 0. The summed E-state index contributed by atoms with van der Waals surface area (Å²) >= 11 is 7.33. The third-order valence-corrected chi connectivity index (χ3v) is 8.22. The van der Waals surface area contributed by atoms with Gasteiger partial charge in [0, 0.05) is 5.25 Å². The smallest absolute Gasteiger partial charge is 0.247 e. The van der Waals surface area contributed by atoms with Crippen LogP contribution in [0.4, 0.5) is 0 Å². The molecule has 2 nitrogen and oxygen atoms in total. The Morgan fingerprint density at radius 1 is 1.06 bits per heavy atom. The second kappa shape index (κ2) is 10.8. The van der Waals surface area contributed by atoms with Gasteiger partial charge in [0.15, 0.2) is 0 Å². The maximum Gasteiger partial charge on any atom is 0.247 e. The van der Waals surface area contributed by atoms with E-state index >= 15 is 0 Å². The molecule has 0 aliphatic heterocycles. The molecule has 0 aliphatic carbocycles.